The number of anilines is 1. The van der Waals surface area contributed by atoms with Crippen molar-refractivity contribution in [3.63, 3.8) is 0 Å². The van der Waals surface area contributed by atoms with E-state index in [2.05, 4.69) is 34.6 Å². The van der Waals surface area contributed by atoms with Crippen LogP contribution in [0.15, 0.2) is 36.5 Å². The zero-order chi connectivity index (χ0) is 12.7. The first-order valence-corrected chi connectivity index (χ1v) is 7.14. The van der Waals surface area contributed by atoms with Crippen molar-refractivity contribution in [3.8, 4) is 0 Å². The first-order chi connectivity index (χ1) is 9.42. The molecule has 1 aliphatic carbocycles. The predicted octanol–water partition coefficient (Wildman–Crippen LogP) is 3.21. The zero-order valence-electron chi connectivity index (χ0n) is 10.9. The fourth-order valence-electron chi connectivity index (χ4n) is 3.08. The van der Waals surface area contributed by atoms with Crippen molar-refractivity contribution in [3.05, 3.63) is 36.5 Å². The van der Waals surface area contributed by atoms with Gasteiger partial charge in [-0.05, 0) is 37.3 Å². The average molecular weight is 254 g/mol. The van der Waals surface area contributed by atoms with Gasteiger partial charge >= 0.3 is 0 Å². The molecule has 1 aliphatic heterocycles. The largest absolute Gasteiger partial charge is 0.379 e. The number of pyridine rings is 1. The monoisotopic (exact) mass is 254 g/mol. The quantitative estimate of drug-likeness (QED) is 0.913. The molecule has 2 aromatic rings. The lowest BCUT2D eigenvalue weighted by atomic mass is 10.1. The van der Waals surface area contributed by atoms with Gasteiger partial charge in [-0.3, -0.25) is 4.98 Å². The van der Waals surface area contributed by atoms with Crippen molar-refractivity contribution in [2.45, 2.75) is 31.4 Å². The summed E-state index contributed by atoms with van der Waals surface area (Å²) >= 11 is 0. The van der Waals surface area contributed by atoms with Crippen LogP contribution < -0.4 is 5.32 Å². The highest BCUT2D eigenvalue weighted by Gasteiger charge is 2.40. The van der Waals surface area contributed by atoms with Crippen LogP contribution in [0.4, 0.5) is 5.69 Å². The highest BCUT2D eigenvalue weighted by molar-refractivity contribution is 5.91. The first kappa shape index (κ1) is 11.2. The van der Waals surface area contributed by atoms with Gasteiger partial charge in [-0.15, -0.1) is 0 Å². The Kier molecular flexibility index (Phi) is 2.66. The highest BCUT2D eigenvalue weighted by Crippen LogP contribution is 2.40. The molecule has 0 spiro atoms. The van der Waals surface area contributed by atoms with Gasteiger partial charge in [-0.1, -0.05) is 18.2 Å². The van der Waals surface area contributed by atoms with E-state index in [0.29, 0.717) is 12.1 Å². The molecule has 0 radical (unpaired) electrons. The molecule has 3 nitrogen and oxygen atoms in total. The number of rotatable bonds is 3. The number of hydrogen-bond acceptors (Lipinski definition) is 3. The number of ether oxygens (including phenoxy) is 1. The van der Waals surface area contributed by atoms with Gasteiger partial charge in [0, 0.05) is 23.9 Å². The summed E-state index contributed by atoms with van der Waals surface area (Å²) < 4.78 is 5.90. The summed E-state index contributed by atoms with van der Waals surface area (Å²) in [5, 5.41) is 4.89. The SMILES string of the molecule is c1ccc2c(NC3CCOC3C3CC3)ccnc2c1. The second-order valence-corrected chi connectivity index (χ2v) is 5.59. The Labute approximate surface area is 113 Å². The van der Waals surface area contributed by atoms with Gasteiger partial charge in [0.15, 0.2) is 0 Å². The maximum Gasteiger partial charge on any atom is 0.0804 e. The van der Waals surface area contributed by atoms with Gasteiger partial charge in [0.1, 0.15) is 0 Å². The first-order valence-electron chi connectivity index (χ1n) is 7.14. The smallest absolute Gasteiger partial charge is 0.0804 e. The normalized spacial score (nSPS) is 26.7. The molecule has 1 saturated carbocycles. The molecule has 1 aromatic heterocycles. The van der Waals surface area contributed by atoms with Crippen LogP contribution in [0, 0.1) is 5.92 Å². The third-order valence-electron chi connectivity index (χ3n) is 4.21. The van der Waals surface area contributed by atoms with Crippen LogP contribution in [-0.2, 0) is 4.74 Å². The molecule has 1 saturated heterocycles. The highest BCUT2D eigenvalue weighted by atomic mass is 16.5. The van der Waals surface area contributed by atoms with Crippen LogP contribution in [-0.4, -0.2) is 23.7 Å². The molecule has 0 bridgehead atoms. The molecule has 2 heterocycles. The van der Waals surface area contributed by atoms with E-state index < -0.39 is 0 Å². The molecule has 0 amide bonds. The Morgan fingerprint density at radius 2 is 2.00 bits per heavy atom. The van der Waals surface area contributed by atoms with Crippen molar-refractivity contribution in [2.75, 3.05) is 11.9 Å². The van der Waals surface area contributed by atoms with Crippen LogP contribution >= 0.6 is 0 Å². The van der Waals surface area contributed by atoms with Crippen LogP contribution in [0.1, 0.15) is 19.3 Å². The van der Waals surface area contributed by atoms with Gasteiger partial charge in [0.05, 0.1) is 17.7 Å². The standard InChI is InChI=1S/C16H18N2O/c1-2-4-13-12(3-1)14(7-9-17-13)18-15-8-10-19-16(15)11-5-6-11/h1-4,7,9,11,15-16H,5-6,8,10H2,(H,17,18). The second kappa shape index (κ2) is 4.49. The zero-order valence-corrected chi connectivity index (χ0v) is 10.9. The minimum absolute atomic E-state index is 0.409. The summed E-state index contributed by atoms with van der Waals surface area (Å²) in [5.74, 6) is 0.785. The number of nitrogens with one attached hydrogen (secondary N) is 1. The molecule has 2 aliphatic rings. The summed E-state index contributed by atoms with van der Waals surface area (Å²) in [6, 6.07) is 10.8. The van der Waals surface area contributed by atoms with E-state index in [-0.39, 0.29) is 0 Å². The Morgan fingerprint density at radius 1 is 1.11 bits per heavy atom. The molecular weight excluding hydrogens is 236 g/mol. The molecule has 98 valence electrons. The summed E-state index contributed by atoms with van der Waals surface area (Å²) in [6.45, 7) is 0.891. The van der Waals surface area contributed by atoms with Crippen LogP contribution in [0.5, 0.6) is 0 Å². The number of hydrogen-bond donors (Lipinski definition) is 1. The Balaban J connectivity index is 1.64. The van der Waals surface area contributed by atoms with Gasteiger partial charge in [0.25, 0.3) is 0 Å². The maximum atomic E-state index is 5.90. The predicted molar refractivity (Wildman–Crippen MR) is 76.2 cm³/mol. The van der Waals surface area contributed by atoms with E-state index in [0.717, 1.165) is 24.5 Å². The second-order valence-electron chi connectivity index (χ2n) is 5.59. The number of nitrogens with zero attached hydrogens (tertiary/aromatic N) is 1. The van der Waals surface area contributed by atoms with E-state index in [9.17, 15) is 0 Å². The van der Waals surface area contributed by atoms with Crippen molar-refractivity contribution in [1.82, 2.24) is 4.98 Å². The molecule has 2 unspecified atom stereocenters. The van der Waals surface area contributed by atoms with Crippen LogP contribution in [0.3, 0.4) is 0 Å². The summed E-state index contributed by atoms with van der Waals surface area (Å²) in [5.41, 5.74) is 2.24. The number of aromatic nitrogens is 1. The minimum Gasteiger partial charge on any atom is -0.379 e. The van der Waals surface area contributed by atoms with Gasteiger partial charge in [0.2, 0.25) is 0 Å². The van der Waals surface area contributed by atoms with Crippen molar-refractivity contribution < 1.29 is 4.74 Å². The van der Waals surface area contributed by atoms with Gasteiger partial charge in [-0.25, -0.2) is 0 Å². The van der Waals surface area contributed by atoms with Crippen molar-refractivity contribution in [2.24, 2.45) is 5.92 Å². The van der Waals surface area contributed by atoms with Crippen molar-refractivity contribution in [1.29, 1.82) is 0 Å². The molecule has 2 atom stereocenters. The van der Waals surface area contributed by atoms with E-state index in [1.54, 1.807) is 0 Å². The van der Waals surface area contributed by atoms with E-state index >= 15 is 0 Å². The third-order valence-corrected chi connectivity index (χ3v) is 4.21. The lowest BCUT2D eigenvalue weighted by Crippen LogP contribution is -2.31. The Morgan fingerprint density at radius 3 is 2.89 bits per heavy atom. The van der Waals surface area contributed by atoms with Crippen molar-refractivity contribution >= 4 is 16.6 Å². The summed E-state index contributed by atoms with van der Waals surface area (Å²) in [6.07, 6.45) is 6.07. The van der Waals surface area contributed by atoms with Gasteiger partial charge in [-0.2, -0.15) is 0 Å². The van der Waals surface area contributed by atoms with E-state index in [1.165, 1.54) is 23.9 Å². The van der Waals surface area contributed by atoms with E-state index in [4.69, 9.17) is 4.74 Å². The molecule has 19 heavy (non-hydrogen) atoms. The van der Waals surface area contributed by atoms with Crippen LogP contribution in [0.2, 0.25) is 0 Å². The maximum absolute atomic E-state index is 5.90. The molecule has 1 N–H and O–H groups in total. The lowest BCUT2D eigenvalue weighted by molar-refractivity contribution is 0.0899. The minimum atomic E-state index is 0.409. The molecule has 1 aromatic carbocycles. The molecule has 4 rings (SSSR count). The molecule has 2 fully saturated rings. The molecule has 3 heteroatoms. The number of para-hydroxylation sites is 1. The van der Waals surface area contributed by atoms with Gasteiger partial charge < -0.3 is 10.1 Å². The topological polar surface area (TPSA) is 34.1 Å². The fraction of sp³-hybridized carbons (Fsp3) is 0.438. The van der Waals surface area contributed by atoms with E-state index in [1.807, 2.05) is 12.3 Å². The Bertz CT molecular complexity index is 589. The number of benzene rings is 1. The number of fused-ring (bicyclic) bond motifs is 1. The molecular formula is C16H18N2O. The lowest BCUT2D eigenvalue weighted by Gasteiger charge is -2.21. The summed E-state index contributed by atoms with van der Waals surface area (Å²) in [7, 11) is 0. The van der Waals surface area contributed by atoms with Crippen LogP contribution in [0.25, 0.3) is 10.9 Å². The third kappa shape index (κ3) is 2.08. The average Bonchev–Trinajstić information content (AvgIpc) is 3.20. The fourth-order valence-corrected chi connectivity index (χ4v) is 3.08. The Hall–Kier alpha value is -1.61. The summed E-state index contributed by atoms with van der Waals surface area (Å²) in [4.78, 5) is 4.41.